The summed E-state index contributed by atoms with van der Waals surface area (Å²) in [5.74, 6) is 0.404. The van der Waals surface area contributed by atoms with E-state index >= 15 is 0 Å². The molecule has 1 aromatic carbocycles. The van der Waals surface area contributed by atoms with Crippen molar-refractivity contribution in [3.8, 4) is 5.75 Å². The molecule has 3 N–H and O–H groups in total. The van der Waals surface area contributed by atoms with Gasteiger partial charge in [0, 0.05) is 17.7 Å². The zero-order valence-electron chi connectivity index (χ0n) is 12.6. The Morgan fingerprint density at radius 1 is 1.27 bits per heavy atom. The first-order valence-corrected chi connectivity index (χ1v) is 7.32. The number of hydrogen-bond acceptors (Lipinski definition) is 4. The molecular weight excluding hydrogens is 282 g/mol. The van der Waals surface area contributed by atoms with Gasteiger partial charge in [0.1, 0.15) is 5.75 Å². The molecule has 22 heavy (non-hydrogen) atoms. The highest BCUT2D eigenvalue weighted by atomic mass is 16.5. The third kappa shape index (κ3) is 4.60. The number of piperidine rings is 1. The maximum Gasteiger partial charge on any atom is 0.325 e. The number of ether oxygens (including phenoxy) is 1. The number of carbonyl (C=O) groups excluding carboxylic acids is 2. The molecule has 0 unspecified atom stereocenters. The van der Waals surface area contributed by atoms with E-state index in [0.717, 1.165) is 31.5 Å². The van der Waals surface area contributed by atoms with Crippen LogP contribution in [0.15, 0.2) is 30.5 Å². The molecule has 1 aliphatic heterocycles. The summed E-state index contributed by atoms with van der Waals surface area (Å²) in [6.07, 6.45) is 4.72. The normalized spacial score (nSPS) is 15.5. The van der Waals surface area contributed by atoms with Gasteiger partial charge in [0.25, 0.3) is 0 Å². The van der Waals surface area contributed by atoms with Crippen LogP contribution in [0.2, 0.25) is 0 Å². The van der Waals surface area contributed by atoms with E-state index in [-0.39, 0.29) is 11.8 Å². The lowest BCUT2D eigenvalue weighted by Gasteiger charge is -2.21. The van der Waals surface area contributed by atoms with Crippen molar-refractivity contribution in [2.45, 2.75) is 12.8 Å². The van der Waals surface area contributed by atoms with Crippen LogP contribution in [-0.4, -0.2) is 32.1 Å². The smallest absolute Gasteiger partial charge is 0.325 e. The van der Waals surface area contributed by atoms with E-state index in [9.17, 15) is 9.59 Å². The Labute approximate surface area is 129 Å². The van der Waals surface area contributed by atoms with Crippen LogP contribution in [0.3, 0.4) is 0 Å². The minimum Gasteiger partial charge on any atom is -0.496 e. The molecule has 1 fully saturated rings. The van der Waals surface area contributed by atoms with Crippen molar-refractivity contribution in [2.24, 2.45) is 5.92 Å². The predicted molar refractivity (Wildman–Crippen MR) is 84.3 cm³/mol. The Hall–Kier alpha value is -2.34. The standard InChI is InChI=1S/C16H21N3O3/c1-22-14-5-3-2-4-12(14)8-11-18-16(21)19-15(20)13-6-9-17-10-7-13/h2-5,8,11,13,17H,6-7,9-10H2,1H3,(H2,18,19,20,21)/b11-8+. The van der Waals surface area contributed by atoms with Crippen molar-refractivity contribution in [1.82, 2.24) is 16.0 Å². The fraction of sp³-hybridized carbons (Fsp3) is 0.375. The van der Waals surface area contributed by atoms with Crippen LogP contribution in [0.4, 0.5) is 4.79 Å². The fourth-order valence-electron chi connectivity index (χ4n) is 2.35. The number of hydrogen-bond donors (Lipinski definition) is 3. The number of nitrogens with one attached hydrogen (secondary N) is 3. The van der Waals surface area contributed by atoms with Crippen LogP contribution in [0.5, 0.6) is 5.75 Å². The van der Waals surface area contributed by atoms with Crippen LogP contribution in [0, 0.1) is 5.92 Å². The first-order valence-electron chi connectivity index (χ1n) is 7.32. The Kier molecular flexibility index (Phi) is 5.97. The van der Waals surface area contributed by atoms with Crippen molar-refractivity contribution < 1.29 is 14.3 Å². The molecule has 6 nitrogen and oxygen atoms in total. The molecule has 1 heterocycles. The largest absolute Gasteiger partial charge is 0.496 e. The summed E-state index contributed by atoms with van der Waals surface area (Å²) in [4.78, 5) is 23.6. The quantitative estimate of drug-likeness (QED) is 0.787. The van der Waals surface area contributed by atoms with Gasteiger partial charge in [-0.05, 0) is 38.1 Å². The number of benzene rings is 1. The Bertz CT molecular complexity index is 551. The topological polar surface area (TPSA) is 79.5 Å². The molecule has 0 bridgehead atoms. The lowest BCUT2D eigenvalue weighted by atomic mass is 9.97. The number of para-hydroxylation sites is 1. The van der Waals surface area contributed by atoms with Crippen LogP contribution in [0.25, 0.3) is 6.08 Å². The molecule has 3 amide bonds. The lowest BCUT2D eigenvalue weighted by Crippen LogP contribution is -2.43. The van der Waals surface area contributed by atoms with Gasteiger partial charge < -0.3 is 15.4 Å². The van der Waals surface area contributed by atoms with Gasteiger partial charge in [0.15, 0.2) is 0 Å². The van der Waals surface area contributed by atoms with E-state index in [1.807, 2.05) is 24.3 Å². The van der Waals surface area contributed by atoms with Gasteiger partial charge in [-0.15, -0.1) is 0 Å². The van der Waals surface area contributed by atoms with Crippen molar-refractivity contribution in [3.63, 3.8) is 0 Å². The second-order valence-electron chi connectivity index (χ2n) is 5.06. The van der Waals surface area contributed by atoms with E-state index in [1.54, 1.807) is 13.2 Å². The van der Waals surface area contributed by atoms with Crippen molar-refractivity contribution in [3.05, 3.63) is 36.0 Å². The van der Waals surface area contributed by atoms with Gasteiger partial charge in [-0.25, -0.2) is 4.79 Å². The van der Waals surface area contributed by atoms with E-state index in [1.165, 1.54) is 6.20 Å². The van der Waals surface area contributed by atoms with Gasteiger partial charge in [0.2, 0.25) is 5.91 Å². The van der Waals surface area contributed by atoms with Crippen LogP contribution in [0.1, 0.15) is 18.4 Å². The van der Waals surface area contributed by atoms with Gasteiger partial charge in [-0.1, -0.05) is 18.2 Å². The van der Waals surface area contributed by atoms with Crippen LogP contribution in [-0.2, 0) is 4.79 Å². The molecule has 118 valence electrons. The average Bonchev–Trinajstić information content (AvgIpc) is 2.56. The molecule has 0 aliphatic carbocycles. The molecule has 0 radical (unpaired) electrons. The number of urea groups is 1. The second kappa shape index (κ2) is 8.19. The molecule has 1 aliphatic rings. The molecule has 0 spiro atoms. The Morgan fingerprint density at radius 2 is 2.00 bits per heavy atom. The fourth-order valence-corrected chi connectivity index (χ4v) is 2.35. The summed E-state index contributed by atoms with van der Waals surface area (Å²) >= 11 is 0. The minimum absolute atomic E-state index is 0.0924. The zero-order chi connectivity index (χ0) is 15.8. The third-order valence-electron chi connectivity index (χ3n) is 3.56. The first kappa shape index (κ1) is 16.0. The predicted octanol–water partition coefficient (Wildman–Crippen LogP) is 1.49. The highest BCUT2D eigenvalue weighted by Gasteiger charge is 2.21. The molecule has 0 atom stereocenters. The molecule has 6 heteroatoms. The first-order chi connectivity index (χ1) is 10.7. The summed E-state index contributed by atoms with van der Waals surface area (Å²) < 4.78 is 5.21. The van der Waals surface area contributed by atoms with E-state index in [2.05, 4.69) is 16.0 Å². The van der Waals surface area contributed by atoms with Gasteiger partial charge in [-0.2, -0.15) is 0 Å². The maximum absolute atomic E-state index is 11.9. The van der Waals surface area contributed by atoms with E-state index in [0.29, 0.717) is 5.75 Å². The number of methoxy groups -OCH3 is 1. The molecule has 0 saturated carbocycles. The number of carbonyl (C=O) groups is 2. The van der Waals surface area contributed by atoms with Crippen LogP contribution < -0.4 is 20.7 Å². The summed E-state index contributed by atoms with van der Waals surface area (Å²) in [7, 11) is 1.59. The number of imide groups is 1. The third-order valence-corrected chi connectivity index (χ3v) is 3.56. The Balaban J connectivity index is 1.82. The number of rotatable bonds is 4. The van der Waals surface area contributed by atoms with Crippen molar-refractivity contribution >= 4 is 18.0 Å². The zero-order valence-corrected chi connectivity index (χ0v) is 12.6. The molecular formula is C16H21N3O3. The van der Waals surface area contributed by atoms with Gasteiger partial charge in [0.05, 0.1) is 7.11 Å². The SMILES string of the molecule is COc1ccccc1/C=C/NC(=O)NC(=O)C1CCNCC1. The molecule has 2 rings (SSSR count). The van der Waals surface area contributed by atoms with Gasteiger partial charge in [-0.3, -0.25) is 10.1 Å². The summed E-state index contributed by atoms with van der Waals surface area (Å²) in [5.41, 5.74) is 0.843. The Morgan fingerprint density at radius 3 is 2.73 bits per heavy atom. The monoisotopic (exact) mass is 303 g/mol. The van der Waals surface area contributed by atoms with Gasteiger partial charge >= 0.3 is 6.03 Å². The van der Waals surface area contributed by atoms with Crippen molar-refractivity contribution in [1.29, 1.82) is 0 Å². The average molecular weight is 303 g/mol. The molecule has 1 aromatic rings. The maximum atomic E-state index is 11.9. The highest BCUT2D eigenvalue weighted by molar-refractivity contribution is 5.96. The molecule has 1 saturated heterocycles. The van der Waals surface area contributed by atoms with E-state index in [4.69, 9.17) is 4.74 Å². The van der Waals surface area contributed by atoms with E-state index < -0.39 is 6.03 Å². The van der Waals surface area contributed by atoms with Crippen molar-refractivity contribution in [2.75, 3.05) is 20.2 Å². The highest BCUT2D eigenvalue weighted by Crippen LogP contribution is 2.18. The summed E-state index contributed by atoms with van der Waals surface area (Å²) in [6, 6.07) is 6.93. The number of amides is 3. The minimum atomic E-state index is -0.519. The summed E-state index contributed by atoms with van der Waals surface area (Å²) in [6.45, 7) is 1.63. The lowest BCUT2D eigenvalue weighted by molar-refractivity contribution is -0.124. The second-order valence-corrected chi connectivity index (χ2v) is 5.06. The van der Waals surface area contributed by atoms with Crippen LogP contribution >= 0.6 is 0 Å². The summed E-state index contributed by atoms with van der Waals surface area (Å²) in [5, 5.41) is 8.08. The molecule has 0 aromatic heterocycles.